The number of nitrogens with zero attached hydrogens (tertiary/aromatic N) is 1. The van der Waals surface area contributed by atoms with E-state index in [-0.39, 0.29) is 0 Å². The predicted octanol–water partition coefficient (Wildman–Crippen LogP) is 0.575. The molecule has 0 bridgehead atoms. The highest BCUT2D eigenvalue weighted by Crippen LogP contribution is 2.02. The fourth-order valence-corrected chi connectivity index (χ4v) is 0.670. The summed E-state index contributed by atoms with van der Waals surface area (Å²) in [4.78, 5) is 10.0. The summed E-state index contributed by atoms with van der Waals surface area (Å²) in [5, 5.41) is 1.54. The fourth-order valence-electron chi connectivity index (χ4n) is 0.670. The standard InChI is InChI=1S/C5H11NO2/c1-2-7-6-4-3-5-8-6/h2-5H2,1H3. The molecule has 0 radical (unpaired) electrons. The van der Waals surface area contributed by atoms with Gasteiger partial charge in [0.25, 0.3) is 0 Å². The van der Waals surface area contributed by atoms with Crippen molar-refractivity contribution in [3.63, 3.8) is 0 Å². The molecule has 3 nitrogen and oxygen atoms in total. The fraction of sp³-hybridized carbons (Fsp3) is 1.00. The van der Waals surface area contributed by atoms with E-state index in [4.69, 9.17) is 9.68 Å². The molecule has 0 N–H and O–H groups in total. The van der Waals surface area contributed by atoms with Crippen LogP contribution in [0.3, 0.4) is 0 Å². The first-order chi connectivity index (χ1) is 3.93. The first-order valence-corrected chi connectivity index (χ1v) is 2.97. The molecular formula is C5H11NO2. The van der Waals surface area contributed by atoms with Gasteiger partial charge in [0.2, 0.25) is 0 Å². The Balaban J connectivity index is 2.06. The van der Waals surface area contributed by atoms with Crippen LogP contribution in [0.2, 0.25) is 0 Å². The summed E-state index contributed by atoms with van der Waals surface area (Å²) in [6, 6.07) is 0. The van der Waals surface area contributed by atoms with Gasteiger partial charge in [0.1, 0.15) is 0 Å². The second-order valence-corrected chi connectivity index (χ2v) is 1.66. The van der Waals surface area contributed by atoms with Gasteiger partial charge in [-0.3, -0.25) is 9.68 Å². The van der Waals surface area contributed by atoms with Gasteiger partial charge in [-0.2, -0.15) is 0 Å². The maximum Gasteiger partial charge on any atom is 0.0725 e. The third-order valence-electron chi connectivity index (χ3n) is 0.993. The van der Waals surface area contributed by atoms with Gasteiger partial charge in [-0.25, -0.2) is 0 Å². The minimum Gasteiger partial charge on any atom is -0.274 e. The molecule has 0 aromatic heterocycles. The van der Waals surface area contributed by atoms with E-state index in [1.807, 2.05) is 6.92 Å². The Bertz CT molecular complexity index is 61.4. The Labute approximate surface area is 49.1 Å². The molecule has 48 valence electrons. The lowest BCUT2D eigenvalue weighted by Gasteiger charge is -2.10. The zero-order valence-corrected chi connectivity index (χ0v) is 5.09. The van der Waals surface area contributed by atoms with Crippen molar-refractivity contribution >= 4 is 0 Å². The Morgan fingerprint density at radius 2 is 2.62 bits per heavy atom. The van der Waals surface area contributed by atoms with Crippen LogP contribution >= 0.6 is 0 Å². The average molecular weight is 117 g/mol. The Kier molecular flexibility index (Phi) is 2.27. The molecule has 0 unspecified atom stereocenters. The molecule has 0 saturated carbocycles. The molecule has 1 aliphatic rings. The van der Waals surface area contributed by atoms with Gasteiger partial charge in [0.05, 0.1) is 19.8 Å². The van der Waals surface area contributed by atoms with Crippen LogP contribution < -0.4 is 0 Å². The average Bonchev–Trinajstić information content (AvgIpc) is 2.19. The van der Waals surface area contributed by atoms with E-state index in [0.717, 1.165) is 19.6 Å². The molecule has 0 aromatic rings. The summed E-state index contributed by atoms with van der Waals surface area (Å²) in [5.74, 6) is 0. The highest BCUT2D eigenvalue weighted by atomic mass is 17.0. The molecule has 0 amide bonds. The van der Waals surface area contributed by atoms with Crippen LogP contribution in [0.5, 0.6) is 0 Å². The molecule has 0 aliphatic carbocycles. The van der Waals surface area contributed by atoms with Crippen LogP contribution in [0.15, 0.2) is 0 Å². The Morgan fingerprint density at radius 1 is 1.75 bits per heavy atom. The van der Waals surface area contributed by atoms with E-state index in [0.29, 0.717) is 6.61 Å². The van der Waals surface area contributed by atoms with Crippen LogP contribution in [-0.2, 0) is 9.68 Å². The normalized spacial score (nSPS) is 22.1. The van der Waals surface area contributed by atoms with Gasteiger partial charge in [0.15, 0.2) is 0 Å². The van der Waals surface area contributed by atoms with Gasteiger partial charge in [0, 0.05) is 0 Å². The summed E-state index contributed by atoms with van der Waals surface area (Å²) >= 11 is 0. The van der Waals surface area contributed by atoms with Gasteiger partial charge in [-0.1, -0.05) is 5.23 Å². The van der Waals surface area contributed by atoms with Crippen molar-refractivity contribution in [1.29, 1.82) is 0 Å². The van der Waals surface area contributed by atoms with Crippen molar-refractivity contribution in [1.82, 2.24) is 5.23 Å². The van der Waals surface area contributed by atoms with Crippen molar-refractivity contribution in [3.8, 4) is 0 Å². The van der Waals surface area contributed by atoms with Crippen LogP contribution in [0.1, 0.15) is 13.3 Å². The second kappa shape index (κ2) is 3.02. The molecule has 1 aliphatic heterocycles. The monoisotopic (exact) mass is 117 g/mol. The van der Waals surface area contributed by atoms with Crippen LogP contribution in [-0.4, -0.2) is 25.0 Å². The Hall–Kier alpha value is -0.120. The number of hydroxylamine groups is 2. The summed E-state index contributed by atoms with van der Waals surface area (Å²) in [6.07, 6.45) is 1.08. The number of rotatable bonds is 2. The van der Waals surface area contributed by atoms with E-state index in [2.05, 4.69) is 0 Å². The highest BCUT2D eigenvalue weighted by molar-refractivity contribution is 4.41. The van der Waals surface area contributed by atoms with Gasteiger partial charge < -0.3 is 0 Å². The smallest absolute Gasteiger partial charge is 0.0725 e. The van der Waals surface area contributed by atoms with E-state index in [9.17, 15) is 0 Å². The molecular weight excluding hydrogens is 106 g/mol. The maximum absolute atomic E-state index is 5.01. The largest absolute Gasteiger partial charge is 0.274 e. The molecule has 0 atom stereocenters. The summed E-state index contributed by atoms with van der Waals surface area (Å²) in [5.41, 5.74) is 0. The number of hydrogen-bond acceptors (Lipinski definition) is 3. The summed E-state index contributed by atoms with van der Waals surface area (Å²) < 4.78 is 0. The maximum atomic E-state index is 5.01. The first-order valence-electron chi connectivity index (χ1n) is 2.97. The number of hydrogen-bond donors (Lipinski definition) is 0. The molecule has 1 saturated heterocycles. The van der Waals surface area contributed by atoms with E-state index in [1.54, 1.807) is 5.23 Å². The Morgan fingerprint density at radius 3 is 3.12 bits per heavy atom. The third kappa shape index (κ3) is 1.43. The van der Waals surface area contributed by atoms with Crippen LogP contribution in [0.25, 0.3) is 0 Å². The van der Waals surface area contributed by atoms with Crippen molar-refractivity contribution in [3.05, 3.63) is 0 Å². The van der Waals surface area contributed by atoms with Crippen molar-refractivity contribution in [2.45, 2.75) is 13.3 Å². The lowest BCUT2D eigenvalue weighted by atomic mass is 10.5. The SMILES string of the molecule is CCON1CCCO1. The summed E-state index contributed by atoms with van der Waals surface area (Å²) in [6.45, 7) is 4.36. The van der Waals surface area contributed by atoms with E-state index in [1.165, 1.54) is 0 Å². The van der Waals surface area contributed by atoms with Gasteiger partial charge in [-0.05, 0) is 13.3 Å². The first kappa shape index (κ1) is 6.01. The topological polar surface area (TPSA) is 21.7 Å². The van der Waals surface area contributed by atoms with Crippen molar-refractivity contribution in [2.24, 2.45) is 0 Å². The molecule has 0 aromatic carbocycles. The van der Waals surface area contributed by atoms with Crippen LogP contribution in [0.4, 0.5) is 0 Å². The van der Waals surface area contributed by atoms with E-state index < -0.39 is 0 Å². The van der Waals surface area contributed by atoms with Crippen LogP contribution in [0, 0.1) is 0 Å². The molecule has 1 fully saturated rings. The minimum atomic E-state index is 0.694. The predicted molar refractivity (Wildman–Crippen MR) is 28.9 cm³/mol. The van der Waals surface area contributed by atoms with Gasteiger partial charge >= 0.3 is 0 Å². The second-order valence-electron chi connectivity index (χ2n) is 1.66. The lowest BCUT2D eigenvalue weighted by Crippen LogP contribution is -2.17. The molecule has 1 heterocycles. The highest BCUT2D eigenvalue weighted by Gasteiger charge is 2.10. The van der Waals surface area contributed by atoms with Gasteiger partial charge in [-0.15, -0.1) is 0 Å². The van der Waals surface area contributed by atoms with E-state index >= 15 is 0 Å². The molecule has 1 rings (SSSR count). The quantitative estimate of drug-likeness (QED) is 0.528. The van der Waals surface area contributed by atoms with Crippen molar-refractivity contribution in [2.75, 3.05) is 19.8 Å². The molecule has 8 heavy (non-hydrogen) atoms. The zero-order chi connectivity index (χ0) is 5.82. The minimum absolute atomic E-state index is 0.694. The lowest BCUT2D eigenvalue weighted by molar-refractivity contribution is -0.338. The molecule has 0 spiro atoms. The molecule has 3 heteroatoms. The third-order valence-corrected chi connectivity index (χ3v) is 0.993. The van der Waals surface area contributed by atoms with Crippen molar-refractivity contribution < 1.29 is 9.68 Å². The summed E-state index contributed by atoms with van der Waals surface area (Å²) in [7, 11) is 0. The zero-order valence-electron chi connectivity index (χ0n) is 5.09.